The molecule has 3 aromatic carbocycles. The predicted octanol–water partition coefficient (Wildman–Crippen LogP) is 3.88. The lowest BCUT2D eigenvalue weighted by Crippen LogP contribution is -2.35. The summed E-state index contributed by atoms with van der Waals surface area (Å²) >= 11 is 0. The standard InChI is InChI=1S/C28H28N4O5/c1-31(2)15-16-32(37-3)27(34)19-9-12-21(13-10-19)29-25(18-7-5-4-6-8-18)24-22-14-11-20(28(35)36)17-23(22)30-26(24)33/h4-14,17,29H,15-16H2,1-3H3,(H,30,33)(H,35,36). The lowest BCUT2D eigenvalue weighted by atomic mass is 9.99. The number of carbonyl (C=O) groups is 3. The summed E-state index contributed by atoms with van der Waals surface area (Å²) in [7, 11) is 5.31. The first-order valence-electron chi connectivity index (χ1n) is 11.6. The molecule has 3 aromatic rings. The van der Waals surface area contributed by atoms with E-state index in [0.29, 0.717) is 46.9 Å². The number of hydroxylamine groups is 2. The smallest absolute Gasteiger partial charge is 0.335 e. The van der Waals surface area contributed by atoms with Crippen LogP contribution in [0.5, 0.6) is 0 Å². The summed E-state index contributed by atoms with van der Waals surface area (Å²) in [6.45, 7) is 1.08. The van der Waals surface area contributed by atoms with Gasteiger partial charge in [-0.3, -0.25) is 14.4 Å². The topological polar surface area (TPSA) is 111 Å². The summed E-state index contributed by atoms with van der Waals surface area (Å²) < 4.78 is 0. The highest BCUT2D eigenvalue weighted by molar-refractivity contribution is 6.37. The minimum absolute atomic E-state index is 0.0884. The van der Waals surface area contributed by atoms with Gasteiger partial charge in [0.25, 0.3) is 11.8 Å². The molecule has 1 aliphatic rings. The van der Waals surface area contributed by atoms with Crippen LogP contribution in [0.4, 0.5) is 11.4 Å². The van der Waals surface area contributed by atoms with Crippen molar-refractivity contribution < 1.29 is 24.3 Å². The number of carboxylic acid groups (broad SMARTS) is 1. The normalized spacial score (nSPS) is 13.7. The van der Waals surface area contributed by atoms with Crippen LogP contribution in [0, 0.1) is 0 Å². The number of benzene rings is 3. The molecule has 1 heterocycles. The van der Waals surface area contributed by atoms with Crippen LogP contribution in [0.2, 0.25) is 0 Å². The Labute approximate surface area is 214 Å². The van der Waals surface area contributed by atoms with Gasteiger partial charge in [0.1, 0.15) is 0 Å². The molecular weight excluding hydrogens is 472 g/mol. The van der Waals surface area contributed by atoms with Gasteiger partial charge in [-0.05, 0) is 56.1 Å². The van der Waals surface area contributed by atoms with Crippen LogP contribution in [0.1, 0.15) is 31.8 Å². The molecule has 0 aromatic heterocycles. The zero-order chi connectivity index (χ0) is 26.5. The van der Waals surface area contributed by atoms with Crippen molar-refractivity contribution in [2.24, 2.45) is 0 Å². The molecule has 3 N–H and O–H groups in total. The summed E-state index contributed by atoms with van der Waals surface area (Å²) in [5.74, 6) is -1.66. The van der Waals surface area contributed by atoms with Gasteiger partial charge in [-0.25, -0.2) is 9.86 Å². The molecule has 190 valence electrons. The Bertz CT molecular complexity index is 1350. The number of aromatic carboxylic acids is 1. The van der Waals surface area contributed by atoms with Crippen LogP contribution in [-0.4, -0.2) is 67.1 Å². The minimum atomic E-state index is -1.07. The minimum Gasteiger partial charge on any atom is -0.478 e. The van der Waals surface area contributed by atoms with E-state index < -0.39 is 5.97 Å². The average Bonchev–Trinajstić information content (AvgIpc) is 3.22. The summed E-state index contributed by atoms with van der Waals surface area (Å²) in [6.07, 6.45) is 0. The quantitative estimate of drug-likeness (QED) is 0.302. The van der Waals surface area contributed by atoms with Gasteiger partial charge < -0.3 is 20.6 Å². The highest BCUT2D eigenvalue weighted by Gasteiger charge is 2.29. The molecule has 0 aliphatic carbocycles. The van der Waals surface area contributed by atoms with Crippen molar-refractivity contribution in [3.63, 3.8) is 0 Å². The van der Waals surface area contributed by atoms with Gasteiger partial charge in [0.05, 0.1) is 36.2 Å². The summed E-state index contributed by atoms with van der Waals surface area (Å²) in [6, 6.07) is 20.8. The summed E-state index contributed by atoms with van der Waals surface area (Å²) in [5, 5.41) is 16.7. The van der Waals surface area contributed by atoms with E-state index in [4.69, 9.17) is 4.84 Å². The fourth-order valence-corrected chi connectivity index (χ4v) is 3.99. The van der Waals surface area contributed by atoms with Crippen molar-refractivity contribution in [3.05, 3.63) is 95.1 Å². The Kier molecular flexibility index (Phi) is 7.66. The number of anilines is 2. The summed E-state index contributed by atoms with van der Waals surface area (Å²) in [5.41, 5.74) is 3.99. The highest BCUT2D eigenvalue weighted by Crippen LogP contribution is 2.38. The first-order chi connectivity index (χ1) is 17.8. The van der Waals surface area contributed by atoms with Gasteiger partial charge in [-0.1, -0.05) is 36.4 Å². The molecular formula is C28H28N4O5. The first-order valence-corrected chi connectivity index (χ1v) is 11.6. The molecule has 4 rings (SSSR count). The molecule has 0 atom stereocenters. The van der Waals surface area contributed by atoms with Crippen LogP contribution in [0.15, 0.2) is 72.8 Å². The number of nitrogens with one attached hydrogen (secondary N) is 2. The third-order valence-electron chi connectivity index (χ3n) is 5.92. The van der Waals surface area contributed by atoms with Crippen LogP contribution in [-0.2, 0) is 9.63 Å². The van der Waals surface area contributed by atoms with Crippen molar-refractivity contribution in [1.29, 1.82) is 0 Å². The van der Waals surface area contributed by atoms with Gasteiger partial charge in [-0.15, -0.1) is 0 Å². The zero-order valence-corrected chi connectivity index (χ0v) is 20.8. The Hall–Kier alpha value is -4.47. The van der Waals surface area contributed by atoms with Gasteiger partial charge in [-0.2, -0.15) is 0 Å². The number of fused-ring (bicyclic) bond motifs is 1. The molecule has 9 heteroatoms. The molecule has 37 heavy (non-hydrogen) atoms. The number of nitrogens with zero attached hydrogens (tertiary/aromatic N) is 2. The van der Waals surface area contributed by atoms with Gasteiger partial charge in [0.15, 0.2) is 0 Å². The second-order valence-electron chi connectivity index (χ2n) is 8.73. The fourth-order valence-electron chi connectivity index (χ4n) is 3.99. The van der Waals surface area contributed by atoms with E-state index in [1.807, 2.05) is 49.3 Å². The second-order valence-corrected chi connectivity index (χ2v) is 8.73. The predicted molar refractivity (Wildman–Crippen MR) is 142 cm³/mol. The van der Waals surface area contributed by atoms with E-state index in [9.17, 15) is 19.5 Å². The van der Waals surface area contributed by atoms with Crippen molar-refractivity contribution in [2.45, 2.75) is 0 Å². The lowest BCUT2D eigenvalue weighted by Gasteiger charge is -2.22. The number of likely N-dealkylation sites (N-methyl/N-ethyl adjacent to an activating group) is 1. The molecule has 0 spiro atoms. The zero-order valence-electron chi connectivity index (χ0n) is 20.8. The Morgan fingerprint density at radius 1 is 0.919 bits per heavy atom. The SMILES string of the molecule is CON(CCN(C)C)C(=O)c1ccc(NC(=C2C(=O)Nc3cc(C(=O)O)ccc32)c2ccccc2)cc1. The number of rotatable bonds is 9. The third kappa shape index (κ3) is 5.69. The van der Waals surface area contributed by atoms with E-state index in [1.54, 1.807) is 30.3 Å². The van der Waals surface area contributed by atoms with Gasteiger partial charge >= 0.3 is 5.97 Å². The highest BCUT2D eigenvalue weighted by atomic mass is 16.7. The molecule has 0 radical (unpaired) electrons. The number of carboxylic acids is 1. The van der Waals surface area contributed by atoms with Gasteiger partial charge in [0.2, 0.25) is 0 Å². The van der Waals surface area contributed by atoms with Gasteiger partial charge in [0, 0.05) is 23.4 Å². The maximum absolute atomic E-state index is 13.1. The Morgan fingerprint density at radius 2 is 1.59 bits per heavy atom. The molecule has 0 saturated heterocycles. The van der Waals surface area contributed by atoms with E-state index in [0.717, 1.165) is 5.56 Å². The number of carbonyl (C=O) groups excluding carboxylic acids is 2. The number of amides is 2. The fraction of sp³-hybridized carbons (Fsp3) is 0.179. The number of hydrogen-bond donors (Lipinski definition) is 3. The largest absolute Gasteiger partial charge is 0.478 e. The van der Waals surface area contributed by atoms with Crippen molar-refractivity contribution in [2.75, 3.05) is 44.9 Å². The molecule has 0 fully saturated rings. The monoisotopic (exact) mass is 500 g/mol. The summed E-state index contributed by atoms with van der Waals surface area (Å²) in [4.78, 5) is 44.5. The molecule has 0 unspecified atom stereocenters. The van der Waals surface area contributed by atoms with E-state index in [-0.39, 0.29) is 17.4 Å². The second kappa shape index (κ2) is 11.1. The lowest BCUT2D eigenvalue weighted by molar-refractivity contribution is -0.110. The molecule has 9 nitrogen and oxygen atoms in total. The van der Waals surface area contributed by atoms with E-state index >= 15 is 0 Å². The van der Waals surface area contributed by atoms with Crippen LogP contribution in [0.3, 0.4) is 0 Å². The Balaban J connectivity index is 1.67. The maximum Gasteiger partial charge on any atom is 0.335 e. The van der Waals surface area contributed by atoms with Crippen LogP contribution >= 0.6 is 0 Å². The molecule has 0 saturated carbocycles. The van der Waals surface area contributed by atoms with Crippen molar-refractivity contribution in [3.8, 4) is 0 Å². The Morgan fingerprint density at radius 3 is 2.22 bits per heavy atom. The maximum atomic E-state index is 13.1. The first kappa shape index (κ1) is 25.6. The van der Waals surface area contributed by atoms with Crippen molar-refractivity contribution in [1.82, 2.24) is 9.96 Å². The van der Waals surface area contributed by atoms with Crippen LogP contribution < -0.4 is 10.6 Å². The van der Waals surface area contributed by atoms with Crippen LogP contribution in [0.25, 0.3) is 11.3 Å². The van der Waals surface area contributed by atoms with Crippen molar-refractivity contribution >= 4 is 40.4 Å². The average molecular weight is 501 g/mol. The number of hydrogen-bond acceptors (Lipinski definition) is 6. The van der Waals surface area contributed by atoms with E-state index in [1.165, 1.54) is 24.3 Å². The molecule has 0 bridgehead atoms. The van der Waals surface area contributed by atoms with E-state index in [2.05, 4.69) is 10.6 Å². The third-order valence-corrected chi connectivity index (χ3v) is 5.92. The molecule has 1 aliphatic heterocycles. The molecule has 2 amide bonds.